The van der Waals surface area contributed by atoms with Crippen molar-refractivity contribution in [2.45, 2.75) is 45.2 Å². The zero-order valence-corrected chi connectivity index (χ0v) is 17.1. The Kier molecular flexibility index (Phi) is 7.96. The van der Waals surface area contributed by atoms with Gasteiger partial charge in [0, 0.05) is 40.3 Å². The van der Waals surface area contributed by atoms with Gasteiger partial charge in [0.1, 0.15) is 0 Å². The SMILES string of the molecule is CN=C(NCc1ccccc1CN1CCCCC1)N(C)CCOCC1CC1. The van der Waals surface area contributed by atoms with Crippen LogP contribution in [-0.2, 0) is 17.8 Å². The standard InChI is InChI=1S/C22H36N4O/c1-23-22(25(2)14-15-27-18-19-10-11-19)24-16-20-8-4-5-9-21(20)17-26-12-6-3-7-13-26/h4-5,8-9,19H,3,6-7,10-18H2,1-2H3,(H,23,24). The van der Waals surface area contributed by atoms with E-state index in [1.165, 1.54) is 56.3 Å². The fourth-order valence-electron chi connectivity index (χ4n) is 3.64. The summed E-state index contributed by atoms with van der Waals surface area (Å²) in [4.78, 5) is 9.18. The third kappa shape index (κ3) is 6.82. The molecule has 0 bridgehead atoms. The number of likely N-dealkylation sites (tertiary alicyclic amines) is 1. The van der Waals surface area contributed by atoms with Crippen LogP contribution in [0.2, 0.25) is 0 Å². The van der Waals surface area contributed by atoms with Gasteiger partial charge < -0.3 is 15.0 Å². The summed E-state index contributed by atoms with van der Waals surface area (Å²) in [6.45, 7) is 6.87. The smallest absolute Gasteiger partial charge is 0.193 e. The van der Waals surface area contributed by atoms with Gasteiger partial charge in [0.05, 0.1) is 6.61 Å². The van der Waals surface area contributed by atoms with Crippen LogP contribution in [0.25, 0.3) is 0 Å². The summed E-state index contributed by atoms with van der Waals surface area (Å²) in [6.07, 6.45) is 6.74. The quantitative estimate of drug-likeness (QED) is 0.411. The summed E-state index contributed by atoms with van der Waals surface area (Å²) in [6, 6.07) is 8.79. The van der Waals surface area contributed by atoms with Gasteiger partial charge in [-0.3, -0.25) is 9.89 Å². The van der Waals surface area contributed by atoms with Crippen LogP contribution in [0.15, 0.2) is 29.3 Å². The minimum atomic E-state index is 0.763. The molecule has 150 valence electrons. The van der Waals surface area contributed by atoms with Crippen molar-refractivity contribution in [1.29, 1.82) is 0 Å². The van der Waals surface area contributed by atoms with Crippen LogP contribution >= 0.6 is 0 Å². The van der Waals surface area contributed by atoms with Gasteiger partial charge in [0.2, 0.25) is 0 Å². The Hall–Kier alpha value is -1.59. The number of nitrogens with zero attached hydrogens (tertiary/aromatic N) is 3. The first-order chi connectivity index (χ1) is 13.3. The summed E-state index contributed by atoms with van der Waals surface area (Å²) in [5.74, 6) is 1.75. The molecular formula is C22H36N4O. The molecule has 1 aliphatic heterocycles. The molecule has 27 heavy (non-hydrogen) atoms. The molecule has 0 spiro atoms. The van der Waals surface area contributed by atoms with Crippen LogP contribution in [0.4, 0.5) is 0 Å². The zero-order chi connectivity index (χ0) is 18.9. The van der Waals surface area contributed by atoms with Crippen molar-refractivity contribution >= 4 is 5.96 Å². The van der Waals surface area contributed by atoms with Gasteiger partial charge in [-0.2, -0.15) is 0 Å². The van der Waals surface area contributed by atoms with Crippen molar-refractivity contribution < 1.29 is 4.74 Å². The molecule has 2 aliphatic rings. The average Bonchev–Trinajstić information content (AvgIpc) is 3.52. The molecule has 5 heteroatoms. The minimum Gasteiger partial charge on any atom is -0.379 e. The van der Waals surface area contributed by atoms with Gasteiger partial charge in [-0.25, -0.2) is 0 Å². The number of hydrogen-bond acceptors (Lipinski definition) is 3. The second-order valence-corrected chi connectivity index (χ2v) is 7.95. The lowest BCUT2D eigenvalue weighted by molar-refractivity contribution is 0.115. The number of guanidine groups is 1. The third-order valence-corrected chi connectivity index (χ3v) is 5.59. The average molecular weight is 373 g/mol. The highest BCUT2D eigenvalue weighted by molar-refractivity contribution is 5.79. The van der Waals surface area contributed by atoms with Crippen LogP contribution < -0.4 is 5.32 Å². The normalized spacial score (nSPS) is 18.5. The molecule has 0 atom stereocenters. The number of hydrogen-bond donors (Lipinski definition) is 1. The lowest BCUT2D eigenvalue weighted by Gasteiger charge is -2.27. The van der Waals surface area contributed by atoms with Gasteiger partial charge >= 0.3 is 0 Å². The Balaban J connectivity index is 1.46. The Morgan fingerprint density at radius 1 is 1.19 bits per heavy atom. The maximum Gasteiger partial charge on any atom is 0.193 e. The first-order valence-corrected chi connectivity index (χ1v) is 10.5. The van der Waals surface area contributed by atoms with Crippen molar-refractivity contribution in [3.63, 3.8) is 0 Å². The fraction of sp³-hybridized carbons (Fsp3) is 0.682. The number of benzene rings is 1. The van der Waals surface area contributed by atoms with Crippen molar-refractivity contribution in [3.05, 3.63) is 35.4 Å². The van der Waals surface area contributed by atoms with Gasteiger partial charge in [-0.15, -0.1) is 0 Å². The summed E-state index contributed by atoms with van der Waals surface area (Å²) < 4.78 is 5.76. The van der Waals surface area contributed by atoms with E-state index in [0.717, 1.165) is 44.7 Å². The predicted molar refractivity (Wildman–Crippen MR) is 112 cm³/mol. The topological polar surface area (TPSA) is 40.1 Å². The molecule has 1 heterocycles. The highest BCUT2D eigenvalue weighted by Crippen LogP contribution is 2.28. The second kappa shape index (κ2) is 10.7. The molecule has 1 saturated heterocycles. The van der Waals surface area contributed by atoms with Crippen LogP contribution in [0.3, 0.4) is 0 Å². The minimum absolute atomic E-state index is 0.763. The maximum atomic E-state index is 5.76. The van der Waals surface area contributed by atoms with Gasteiger partial charge in [0.15, 0.2) is 5.96 Å². The van der Waals surface area contributed by atoms with Gasteiger partial charge in [-0.05, 0) is 55.8 Å². The van der Waals surface area contributed by atoms with E-state index in [4.69, 9.17) is 4.74 Å². The molecule has 1 aliphatic carbocycles. The first-order valence-electron chi connectivity index (χ1n) is 10.5. The molecule has 1 N–H and O–H groups in total. The third-order valence-electron chi connectivity index (χ3n) is 5.59. The lowest BCUT2D eigenvalue weighted by atomic mass is 10.0. The van der Waals surface area contributed by atoms with Crippen LogP contribution in [0.5, 0.6) is 0 Å². The van der Waals surface area contributed by atoms with E-state index >= 15 is 0 Å². The Bertz CT molecular complexity index is 594. The van der Waals surface area contributed by atoms with Crippen molar-refractivity contribution in [2.24, 2.45) is 10.9 Å². The predicted octanol–water partition coefficient (Wildman–Crippen LogP) is 3.11. The number of ether oxygens (including phenoxy) is 1. The Morgan fingerprint density at radius 2 is 1.93 bits per heavy atom. The van der Waals surface area contributed by atoms with Crippen LogP contribution in [-0.4, -0.2) is 62.7 Å². The number of piperidine rings is 1. The number of likely N-dealkylation sites (N-methyl/N-ethyl adjacent to an activating group) is 1. The van der Waals surface area contributed by atoms with Crippen molar-refractivity contribution in [2.75, 3.05) is 46.9 Å². The van der Waals surface area contributed by atoms with Crippen LogP contribution in [0, 0.1) is 5.92 Å². The molecule has 1 aromatic rings. The molecule has 3 rings (SSSR count). The molecule has 0 unspecified atom stereocenters. The molecule has 0 aromatic heterocycles. The number of nitrogens with one attached hydrogen (secondary N) is 1. The van der Waals surface area contributed by atoms with E-state index in [1.54, 1.807) is 0 Å². The molecule has 0 radical (unpaired) electrons. The van der Waals surface area contributed by atoms with E-state index < -0.39 is 0 Å². The van der Waals surface area contributed by atoms with E-state index in [0.29, 0.717) is 0 Å². The number of aliphatic imine (C=N–C) groups is 1. The lowest BCUT2D eigenvalue weighted by Crippen LogP contribution is -2.40. The molecule has 1 saturated carbocycles. The largest absolute Gasteiger partial charge is 0.379 e. The van der Waals surface area contributed by atoms with Gasteiger partial charge in [0.25, 0.3) is 0 Å². The summed E-state index contributed by atoms with van der Waals surface area (Å²) in [5.41, 5.74) is 2.79. The van der Waals surface area contributed by atoms with E-state index in [2.05, 4.69) is 51.4 Å². The maximum absolute atomic E-state index is 5.76. The van der Waals surface area contributed by atoms with Crippen LogP contribution in [0.1, 0.15) is 43.2 Å². The molecule has 5 nitrogen and oxygen atoms in total. The summed E-state index contributed by atoms with van der Waals surface area (Å²) >= 11 is 0. The molecule has 1 aromatic carbocycles. The number of rotatable bonds is 9. The van der Waals surface area contributed by atoms with E-state index in [1.807, 2.05) is 7.05 Å². The second-order valence-electron chi connectivity index (χ2n) is 7.95. The monoisotopic (exact) mass is 372 g/mol. The Morgan fingerprint density at radius 3 is 2.63 bits per heavy atom. The van der Waals surface area contributed by atoms with Crippen molar-refractivity contribution in [1.82, 2.24) is 15.1 Å². The first kappa shape index (κ1) is 20.2. The van der Waals surface area contributed by atoms with Crippen molar-refractivity contribution in [3.8, 4) is 0 Å². The summed E-state index contributed by atoms with van der Waals surface area (Å²) in [5, 5.41) is 3.53. The van der Waals surface area contributed by atoms with Gasteiger partial charge in [-0.1, -0.05) is 30.7 Å². The zero-order valence-electron chi connectivity index (χ0n) is 17.1. The highest BCUT2D eigenvalue weighted by atomic mass is 16.5. The van der Waals surface area contributed by atoms with E-state index in [9.17, 15) is 0 Å². The molecule has 0 amide bonds. The van der Waals surface area contributed by atoms with E-state index in [-0.39, 0.29) is 0 Å². The highest BCUT2D eigenvalue weighted by Gasteiger charge is 2.21. The molecule has 2 fully saturated rings. The fourth-order valence-corrected chi connectivity index (χ4v) is 3.64. The Labute approximate surface area is 164 Å². The molecular weight excluding hydrogens is 336 g/mol. The summed E-state index contributed by atoms with van der Waals surface area (Å²) in [7, 11) is 3.93.